The van der Waals surface area contributed by atoms with E-state index in [4.69, 9.17) is 29.0 Å². The number of hydrogen-bond acceptors (Lipinski definition) is 15. The molecule has 1 aromatic rings. The Kier molecular flexibility index (Phi) is 32.6. The van der Waals surface area contributed by atoms with Crippen LogP contribution in [0.2, 0.25) is 0 Å². The highest BCUT2D eigenvalue weighted by molar-refractivity contribution is 7.61. The van der Waals surface area contributed by atoms with Gasteiger partial charge in [-0.1, -0.05) is 182 Å². The molecule has 0 bridgehead atoms. The molecular weight excluding hydrogens is 920 g/mol. The first kappa shape index (κ1) is 61.9. The summed E-state index contributed by atoms with van der Waals surface area (Å²) in [5.74, 6) is 0.243. The molecule has 0 spiro atoms. The molecule has 20 heteroatoms. The van der Waals surface area contributed by atoms with E-state index in [0.29, 0.717) is 18.8 Å². The molecule has 1 aromatic heterocycles. The number of phosphoric ester groups is 2. The first-order valence-corrected chi connectivity index (χ1v) is 28.8. The fraction of sp³-hybridized carbons (Fsp3) is 0.875. The number of unbranched alkanes of at least 4 members (excludes halogenated alkanes) is 22. The Morgan fingerprint density at radius 2 is 1.09 bits per heavy atom. The second kappa shape index (κ2) is 35.8. The van der Waals surface area contributed by atoms with E-state index < -0.39 is 83.7 Å². The monoisotopic (exact) mass is 1010 g/mol. The lowest BCUT2D eigenvalue weighted by atomic mass is 10.0. The van der Waals surface area contributed by atoms with Crippen molar-refractivity contribution in [2.45, 2.75) is 238 Å². The fourth-order valence-corrected chi connectivity index (χ4v) is 10.1. The molecule has 0 amide bonds. The van der Waals surface area contributed by atoms with E-state index in [2.05, 4.69) is 37.0 Å². The molecule has 68 heavy (non-hydrogen) atoms. The lowest BCUT2D eigenvalue weighted by molar-refractivity contribution is -0.161. The SMILES string of the molecule is CC(C)CCCCCCCCCCCCCCCCCCC(=O)OC[C@H](COP(=O)(O)OP(=O)(O)OC[C@H]1O[C@@H](n2ccc(N)nc2=O)C(O)[C@H]1O)OC(=O)CCCCCCCCCCC(C)C. The Labute approximate surface area is 406 Å². The van der Waals surface area contributed by atoms with Crippen molar-refractivity contribution in [1.82, 2.24) is 9.55 Å². The zero-order chi connectivity index (χ0) is 50.2. The number of esters is 2. The molecule has 7 atom stereocenters. The van der Waals surface area contributed by atoms with Crippen molar-refractivity contribution in [1.29, 1.82) is 0 Å². The summed E-state index contributed by atoms with van der Waals surface area (Å²) in [6.45, 7) is 6.76. The summed E-state index contributed by atoms with van der Waals surface area (Å²) in [6.07, 6.45) is 23.6. The standard InChI is InChI=1S/C48H89N3O15P2/c1-38(2)29-25-21-17-13-11-9-7-5-6-8-10-12-14-19-23-27-31-43(52)61-35-40(64-44(53)32-28-24-20-16-15-18-22-26-30-39(3)4)36-62-67(57,58)66-68(59,60)63-37-41-45(54)46(55)47(65-41)51-34-33-42(49)50-48(51)56/h33-34,38-41,45-47,54-55H,5-32,35-37H2,1-4H3,(H,57,58)(H,59,60)(H2,49,50,56)/t40-,41-,45+,46?,47-/m1/s1. The van der Waals surface area contributed by atoms with Crippen molar-refractivity contribution >= 4 is 33.4 Å². The molecule has 0 aromatic carbocycles. The van der Waals surface area contributed by atoms with Gasteiger partial charge in [-0.15, -0.1) is 0 Å². The van der Waals surface area contributed by atoms with Gasteiger partial charge in [0.25, 0.3) is 0 Å². The molecule has 0 saturated carbocycles. The van der Waals surface area contributed by atoms with E-state index >= 15 is 0 Å². The Hall–Kier alpha value is -2.24. The van der Waals surface area contributed by atoms with Gasteiger partial charge in [0.1, 0.15) is 30.7 Å². The van der Waals surface area contributed by atoms with E-state index in [1.165, 1.54) is 115 Å². The van der Waals surface area contributed by atoms with E-state index in [-0.39, 0.29) is 18.7 Å². The van der Waals surface area contributed by atoms with Crippen molar-refractivity contribution in [2.24, 2.45) is 11.8 Å². The van der Waals surface area contributed by atoms with Crippen LogP contribution < -0.4 is 11.4 Å². The molecular formula is C48H89N3O15P2. The molecule has 0 radical (unpaired) electrons. The van der Waals surface area contributed by atoms with Gasteiger partial charge in [0.05, 0.1) is 13.2 Å². The summed E-state index contributed by atoms with van der Waals surface area (Å²) in [5, 5.41) is 20.9. The van der Waals surface area contributed by atoms with Gasteiger partial charge in [0, 0.05) is 19.0 Å². The van der Waals surface area contributed by atoms with Crippen LogP contribution in [0.3, 0.4) is 0 Å². The number of nitrogens with zero attached hydrogens (tertiary/aromatic N) is 2. The Morgan fingerprint density at radius 3 is 1.54 bits per heavy atom. The van der Waals surface area contributed by atoms with Gasteiger partial charge in [-0.3, -0.25) is 23.2 Å². The smallest absolute Gasteiger partial charge is 0.462 e. The van der Waals surface area contributed by atoms with Crippen LogP contribution in [0.4, 0.5) is 5.82 Å². The summed E-state index contributed by atoms with van der Waals surface area (Å²) >= 11 is 0. The van der Waals surface area contributed by atoms with Gasteiger partial charge in [0.2, 0.25) is 0 Å². The third-order valence-corrected chi connectivity index (χ3v) is 14.6. The highest BCUT2D eigenvalue weighted by atomic mass is 31.3. The van der Waals surface area contributed by atoms with Crippen molar-refractivity contribution in [2.75, 3.05) is 25.6 Å². The highest BCUT2D eigenvalue weighted by Gasteiger charge is 2.46. The lowest BCUT2D eigenvalue weighted by Crippen LogP contribution is -2.36. The molecule has 3 unspecified atom stereocenters. The zero-order valence-corrected chi connectivity index (χ0v) is 43.6. The minimum atomic E-state index is -5.42. The van der Waals surface area contributed by atoms with E-state index in [1.807, 2.05) is 0 Å². The van der Waals surface area contributed by atoms with Crippen molar-refractivity contribution < 1.29 is 66.3 Å². The molecule has 396 valence electrons. The second-order valence-corrected chi connectivity index (χ2v) is 22.4. The Bertz CT molecular complexity index is 1670. The average molecular weight is 1010 g/mol. The van der Waals surface area contributed by atoms with Gasteiger partial charge >= 0.3 is 33.3 Å². The number of ether oxygens (including phenoxy) is 3. The van der Waals surface area contributed by atoms with Gasteiger partial charge in [-0.25, -0.2) is 13.9 Å². The number of nitrogen functional groups attached to an aromatic ring is 1. The summed E-state index contributed by atoms with van der Waals surface area (Å²) < 4.78 is 56.8. The molecule has 0 aliphatic carbocycles. The number of aliphatic hydroxyl groups excluding tert-OH is 2. The Morgan fingerprint density at radius 1 is 0.662 bits per heavy atom. The van der Waals surface area contributed by atoms with Crippen molar-refractivity contribution in [3.8, 4) is 0 Å². The third kappa shape index (κ3) is 29.8. The molecule has 1 saturated heterocycles. The molecule has 18 nitrogen and oxygen atoms in total. The van der Waals surface area contributed by atoms with Crippen LogP contribution in [0.25, 0.3) is 0 Å². The number of aliphatic hydroxyl groups is 2. The quantitative estimate of drug-likeness (QED) is 0.0231. The largest absolute Gasteiger partial charge is 0.481 e. The number of carbonyl (C=O) groups is 2. The minimum absolute atomic E-state index is 0.0544. The van der Waals surface area contributed by atoms with E-state index in [1.54, 1.807) is 0 Å². The molecule has 2 rings (SSSR count). The number of aromatic nitrogens is 2. The van der Waals surface area contributed by atoms with Crippen LogP contribution >= 0.6 is 15.6 Å². The molecule has 2 heterocycles. The van der Waals surface area contributed by atoms with E-state index in [0.717, 1.165) is 61.9 Å². The zero-order valence-electron chi connectivity index (χ0n) is 41.8. The fourth-order valence-electron chi connectivity index (χ4n) is 8.04. The second-order valence-electron chi connectivity index (χ2n) is 19.3. The van der Waals surface area contributed by atoms with Crippen molar-refractivity contribution in [3.05, 3.63) is 22.7 Å². The number of anilines is 1. The number of phosphoric acid groups is 2. The predicted molar refractivity (Wildman–Crippen MR) is 261 cm³/mol. The summed E-state index contributed by atoms with van der Waals surface area (Å²) in [6, 6.07) is 1.25. The van der Waals surface area contributed by atoms with Gasteiger partial charge in [0.15, 0.2) is 12.3 Å². The van der Waals surface area contributed by atoms with Gasteiger partial charge in [-0.2, -0.15) is 9.29 Å². The van der Waals surface area contributed by atoms with Crippen LogP contribution in [0.1, 0.15) is 214 Å². The van der Waals surface area contributed by atoms with Gasteiger partial charge < -0.3 is 39.9 Å². The first-order valence-electron chi connectivity index (χ1n) is 25.8. The molecule has 1 aliphatic rings. The topological polar surface area (TPSA) is 265 Å². The number of carbonyl (C=O) groups excluding carboxylic acids is 2. The maximum Gasteiger partial charge on any atom is 0.481 e. The van der Waals surface area contributed by atoms with Crippen LogP contribution in [0.15, 0.2) is 17.1 Å². The molecule has 1 fully saturated rings. The van der Waals surface area contributed by atoms with Gasteiger partial charge in [-0.05, 0) is 30.7 Å². The number of nitrogens with two attached hydrogens (primary N) is 1. The first-order chi connectivity index (χ1) is 32.4. The lowest BCUT2D eigenvalue weighted by Gasteiger charge is -2.21. The third-order valence-electron chi connectivity index (χ3n) is 12.0. The highest BCUT2D eigenvalue weighted by Crippen LogP contribution is 2.60. The number of hydrogen-bond donors (Lipinski definition) is 5. The normalized spacial score (nSPS) is 19.6. The summed E-state index contributed by atoms with van der Waals surface area (Å²) in [5.41, 5.74) is 4.59. The summed E-state index contributed by atoms with van der Waals surface area (Å²) in [7, 11) is -10.8. The van der Waals surface area contributed by atoms with Crippen LogP contribution in [-0.4, -0.2) is 85.7 Å². The summed E-state index contributed by atoms with van der Waals surface area (Å²) in [4.78, 5) is 61.8. The minimum Gasteiger partial charge on any atom is -0.462 e. The number of rotatable bonds is 42. The molecule has 1 aliphatic heterocycles. The Balaban J connectivity index is 1.76. The predicted octanol–water partition coefficient (Wildman–Crippen LogP) is 10.4. The molecule has 6 N–H and O–H groups in total. The van der Waals surface area contributed by atoms with Crippen LogP contribution in [-0.2, 0) is 46.3 Å². The average Bonchev–Trinajstić information content (AvgIpc) is 3.55. The van der Waals surface area contributed by atoms with E-state index in [9.17, 15) is 43.5 Å². The van der Waals surface area contributed by atoms with Crippen molar-refractivity contribution in [3.63, 3.8) is 0 Å². The maximum absolute atomic E-state index is 12.8. The van der Waals surface area contributed by atoms with Crippen LogP contribution in [0.5, 0.6) is 0 Å². The van der Waals surface area contributed by atoms with Crippen LogP contribution in [0, 0.1) is 11.8 Å². The maximum atomic E-state index is 12.8.